The van der Waals surface area contributed by atoms with E-state index in [1.54, 1.807) is 4.90 Å². The molecular formula is C21H28N4O3. The zero-order valence-corrected chi connectivity index (χ0v) is 16.5. The monoisotopic (exact) mass is 384 g/mol. The molecule has 3 atom stereocenters. The molecule has 150 valence electrons. The van der Waals surface area contributed by atoms with E-state index in [1.807, 2.05) is 12.1 Å². The van der Waals surface area contributed by atoms with E-state index >= 15 is 0 Å². The van der Waals surface area contributed by atoms with E-state index in [0.717, 1.165) is 31.6 Å². The molecule has 4 rings (SSSR count). The largest absolute Gasteiger partial charge is 0.322 e. The molecule has 2 saturated heterocycles. The minimum Gasteiger partial charge on any atom is -0.322 e. The van der Waals surface area contributed by atoms with Crippen molar-refractivity contribution in [2.24, 2.45) is 0 Å². The Morgan fingerprint density at radius 3 is 2.79 bits per heavy atom. The minimum absolute atomic E-state index is 0.114. The summed E-state index contributed by atoms with van der Waals surface area (Å²) in [6, 6.07) is 6.49. The molecule has 0 aromatic heterocycles. The van der Waals surface area contributed by atoms with E-state index in [-0.39, 0.29) is 24.1 Å². The van der Waals surface area contributed by atoms with Gasteiger partial charge in [-0.3, -0.25) is 24.6 Å². The van der Waals surface area contributed by atoms with Gasteiger partial charge in [-0.25, -0.2) is 0 Å². The molecule has 2 fully saturated rings. The van der Waals surface area contributed by atoms with Crippen LogP contribution in [-0.4, -0.2) is 58.7 Å². The summed E-state index contributed by atoms with van der Waals surface area (Å²) in [5, 5.41) is 5.88. The Balaban J connectivity index is 1.48. The van der Waals surface area contributed by atoms with Crippen molar-refractivity contribution in [2.75, 3.05) is 13.1 Å². The number of nitrogens with zero attached hydrogens (tertiary/aromatic N) is 2. The Labute approximate surface area is 165 Å². The first kappa shape index (κ1) is 19.1. The lowest BCUT2D eigenvalue weighted by Gasteiger charge is -2.29. The van der Waals surface area contributed by atoms with Gasteiger partial charge in [0.05, 0.1) is 0 Å². The number of benzene rings is 1. The van der Waals surface area contributed by atoms with Gasteiger partial charge >= 0.3 is 0 Å². The average Bonchev–Trinajstić information content (AvgIpc) is 2.87. The Bertz CT molecular complexity index is 809. The number of amides is 3. The molecule has 3 amide bonds. The number of hydrogen-bond acceptors (Lipinski definition) is 5. The van der Waals surface area contributed by atoms with Crippen LogP contribution >= 0.6 is 0 Å². The zero-order valence-electron chi connectivity index (χ0n) is 16.5. The highest BCUT2D eigenvalue weighted by atomic mass is 16.2. The summed E-state index contributed by atoms with van der Waals surface area (Å²) in [5.41, 5.74) is 2.84. The second-order valence-electron chi connectivity index (χ2n) is 8.30. The van der Waals surface area contributed by atoms with Crippen LogP contribution in [0.3, 0.4) is 0 Å². The summed E-state index contributed by atoms with van der Waals surface area (Å²) in [6.07, 6.45) is 1.79. The van der Waals surface area contributed by atoms with Crippen LogP contribution in [0.15, 0.2) is 18.2 Å². The van der Waals surface area contributed by atoms with E-state index in [4.69, 9.17) is 0 Å². The maximum absolute atomic E-state index is 12.8. The number of rotatable bonds is 3. The van der Waals surface area contributed by atoms with Crippen molar-refractivity contribution < 1.29 is 14.4 Å². The summed E-state index contributed by atoms with van der Waals surface area (Å²) in [4.78, 5) is 40.5. The lowest BCUT2D eigenvalue weighted by molar-refractivity contribution is -0.136. The van der Waals surface area contributed by atoms with E-state index in [0.29, 0.717) is 30.6 Å². The number of carbonyl (C=O) groups is 3. The van der Waals surface area contributed by atoms with Crippen molar-refractivity contribution in [1.29, 1.82) is 0 Å². The molecule has 0 radical (unpaired) electrons. The number of carbonyl (C=O) groups excluding carboxylic acids is 3. The third kappa shape index (κ3) is 3.69. The van der Waals surface area contributed by atoms with Crippen LogP contribution < -0.4 is 10.6 Å². The molecule has 3 unspecified atom stereocenters. The highest BCUT2D eigenvalue weighted by molar-refractivity contribution is 6.05. The summed E-state index contributed by atoms with van der Waals surface area (Å²) in [6.45, 7) is 7.77. The molecule has 7 heteroatoms. The predicted octanol–water partition coefficient (Wildman–Crippen LogP) is 1.02. The van der Waals surface area contributed by atoms with E-state index in [1.165, 1.54) is 5.56 Å². The van der Waals surface area contributed by atoms with Gasteiger partial charge in [0.15, 0.2) is 0 Å². The van der Waals surface area contributed by atoms with Crippen LogP contribution in [0.2, 0.25) is 0 Å². The summed E-state index contributed by atoms with van der Waals surface area (Å²) in [7, 11) is 0. The van der Waals surface area contributed by atoms with Gasteiger partial charge in [-0.05, 0) is 43.9 Å². The lowest BCUT2D eigenvalue weighted by atomic mass is 10.0. The predicted molar refractivity (Wildman–Crippen MR) is 104 cm³/mol. The maximum atomic E-state index is 12.8. The number of hydrogen-bond donors (Lipinski definition) is 2. The van der Waals surface area contributed by atoms with Crippen molar-refractivity contribution in [3.63, 3.8) is 0 Å². The number of nitrogens with one attached hydrogen (secondary N) is 2. The van der Waals surface area contributed by atoms with Crippen LogP contribution in [0.4, 0.5) is 0 Å². The topological polar surface area (TPSA) is 81.8 Å². The van der Waals surface area contributed by atoms with E-state index in [9.17, 15) is 14.4 Å². The molecule has 0 bridgehead atoms. The first-order valence-corrected chi connectivity index (χ1v) is 10.2. The number of piperidine rings is 1. The molecule has 1 aromatic rings. The van der Waals surface area contributed by atoms with Crippen molar-refractivity contribution in [3.8, 4) is 0 Å². The standard InChI is InChI=1S/C21H28N4O3/c1-13-9-14(2)24(8-7-22-13)11-15-3-4-17-16(10-15)12-25(21(17)28)18-5-6-19(26)23-20(18)27/h3-4,10,13-14,18,22H,5-9,11-12H2,1-2H3,(H,23,26,27). The highest BCUT2D eigenvalue weighted by Crippen LogP contribution is 2.28. The fraction of sp³-hybridized carbons (Fsp3) is 0.571. The first-order chi connectivity index (χ1) is 13.4. The highest BCUT2D eigenvalue weighted by Gasteiger charge is 2.39. The minimum atomic E-state index is -0.556. The normalized spacial score (nSPS) is 28.9. The van der Waals surface area contributed by atoms with Gasteiger partial charge in [0.1, 0.15) is 6.04 Å². The van der Waals surface area contributed by atoms with Gasteiger partial charge in [0.25, 0.3) is 5.91 Å². The zero-order chi connectivity index (χ0) is 19.8. The van der Waals surface area contributed by atoms with Crippen molar-refractivity contribution >= 4 is 17.7 Å². The van der Waals surface area contributed by atoms with Crippen LogP contribution in [-0.2, 0) is 22.7 Å². The molecule has 3 aliphatic heterocycles. The van der Waals surface area contributed by atoms with Crippen molar-refractivity contribution in [3.05, 3.63) is 34.9 Å². The van der Waals surface area contributed by atoms with Crippen LogP contribution in [0, 0.1) is 0 Å². The molecule has 0 spiro atoms. The van der Waals surface area contributed by atoms with Gasteiger partial charge in [-0.2, -0.15) is 0 Å². The molecule has 1 aromatic carbocycles. The molecular weight excluding hydrogens is 356 g/mol. The Morgan fingerprint density at radius 1 is 1.18 bits per heavy atom. The molecule has 28 heavy (non-hydrogen) atoms. The fourth-order valence-electron chi connectivity index (χ4n) is 4.61. The molecule has 2 N–H and O–H groups in total. The molecule has 3 aliphatic rings. The molecule has 0 saturated carbocycles. The van der Waals surface area contributed by atoms with Gasteiger partial charge in [0, 0.05) is 50.2 Å². The molecule has 3 heterocycles. The van der Waals surface area contributed by atoms with Crippen LogP contribution in [0.1, 0.15) is 54.6 Å². The summed E-state index contributed by atoms with van der Waals surface area (Å²) >= 11 is 0. The van der Waals surface area contributed by atoms with Gasteiger partial charge in [0.2, 0.25) is 11.8 Å². The van der Waals surface area contributed by atoms with Crippen molar-refractivity contribution in [2.45, 2.75) is 64.3 Å². The molecule has 7 nitrogen and oxygen atoms in total. The van der Waals surface area contributed by atoms with Crippen LogP contribution in [0.25, 0.3) is 0 Å². The Hall–Kier alpha value is -2.25. The van der Waals surface area contributed by atoms with E-state index in [2.05, 4.69) is 35.4 Å². The second kappa shape index (κ2) is 7.64. The average molecular weight is 384 g/mol. The van der Waals surface area contributed by atoms with E-state index < -0.39 is 6.04 Å². The quantitative estimate of drug-likeness (QED) is 0.761. The Kier molecular flexibility index (Phi) is 5.21. The van der Waals surface area contributed by atoms with Gasteiger partial charge in [-0.15, -0.1) is 0 Å². The van der Waals surface area contributed by atoms with Crippen LogP contribution in [0.5, 0.6) is 0 Å². The third-order valence-electron chi connectivity index (χ3n) is 6.18. The van der Waals surface area contributed by atoms with Gasteiger partial charge in [-0.1, -0.05) is 12.1 Å². The Morgan fingerprint density at radius 2 is 2.00 bits per heavy atom. The first-order valence-electron chi connectivity index (χ1n) is 10.2. The van der Waals surface area contributed by atoms with Crippen molar-refractivity contribution in [1.82, 2.24) is 20.4 Å². The third-order valence-corrected chi connectivity index (χ3v) is 6.18. The maximum Gasteiger partial charge on any atom is 0.255 e. The fourth-order valence-corrected chi connectivity index (χ4v) is 4.61. The smallest absolute Gasteiger partial charge is 0.255 e. The second-order valence-corrected chi connectivity index (χ2v) is 8.30. The lowest BCUT2D eigenvalue weighted by Crippen LogP contribution is -2.52. The summed E-state index contributed by atoms with van der Waals surface area (Å²) < 4.78 is 0. The SMILES string of the molecule is CC1CC(C)N(Cc2ccc3c(c2)CN(C2CCC(=O)NC2=O)C3=O)CCN1. The molecule has 0 aliphatic carbocycles. The number of fused-ring (bicyclic) bond motifs is 1. The number of imide groups is 1. The van der Waals surface area contributed by atoms with Gasteiger partial charge < -0.3 is 10.2 Å². The summed E-state index contributed by atoms with van der Waals surface area (Å²) in [5.74, 6) is -0.738.